The molecule has 4 rings (SSSR count). The van der Waals surface area contributed by atoms with Gasteiger partial charge in [0.2, 0.25) is 10.0 Å². The van der Waals surface area contributed by atoms with Crippen molar-refractivity contribution in [2.75, 3.05) is 18.0 Å². The molecule has 166 valence electrons. The van der Waals surface area contributed by atoms with Crippen LogP contribution in [0.4, 0.5) is 10.1 Å². The highest BCUT2D eigenvalue weighted by atomic mass is 32.2. The number of furan rings is 1. The van der Waals surface area contributed by atoms with E-state index in [9.17, 15) is 17.9 Å². The lowest BCUT2D eigenvalue weighted by atomic mass is 10.1. The molecule has 2 aromatic carbocycles. The van der Waals surface area contributed by atoms with E-state index < -0.39 is 22.1 Å². The van der Waals surface area contributed by atoms with Crippen LogP contribution in [0.3, 0.4) is 0 Å². The molecule has 0 amide bonds. The number of rotatable bonds is 7. The Morgan fingerprint density at radius 3 is 2.61 bits per heavy atom. The Kier molecular flexibility index (Phi) is 5.67. The highest BCUT2D eigenvalue weighted by Crippen LogP contribution is 2.33. The Morgan fingerprint density at radius 1 is 1.23 bits per heavy atom. The van der Waals surface area contributed by atoms with Crippen LogP contribution in [-0.2, 0) is 10.0 Å². The fraction of sp³-hybridized carbons (Fsp3) is 0.364. The minimum Gasteiger partial charge on any atom is -0.490 e. The Morgan fingerprint density at radius 2 is 1.97 bits per heavy atom. The molecule has 0 saturated carbocycles. The van der Waals surface area contributed by atoms with Gasteiger partial charge in [0.25, 0.3) is 0 Å². The highest BCUT2D eigenvalue weighted by molar-refractivity contribution is 7.89. The minimum atomic E-state index is -4.17. The number of hydrogen-bond acceptors (Lipinski definition) is 6. The zero-order valence-electron chi connectivity index (χ0n) is 17.6. The number of ether oxygens (including phenoxy) is 1. The number of benzene rings is 2. The SMILES string of the molecule is Cc1cccc(OC(C)C)c1S(=O)(=O)NC(O)c1cc2c(F)cc(N3CCC3)cc2o1. The van der Waals surface area contributed by atoms with E-state index in [0.29, 0.717) is 11.3 Å². The van der Waals surface area contributed by atoms with Crippen LogP contribution in [0.1, 0.15) is 37.8 Å². The Hall–Kier alpha value is -2.62. The van der Waals surface area contributed by atoms with Crippen LogP contribution in [0.2, 0.25) is 0 Å². The summed E-state index contributed by atoms with van der Waals surface area (Å²) in [6.07, 6.45) is -0.888. The summed E-state index contributed by atoms with van der Waals surface area (Å²) in [4.78, 5) is 1.95. The summed E-state index contributed by atoms with van der Waals surface area (Å²) >= 11 is 0. The molecule has 31 heavy (non-hydrogen) atoms. The highest BCUT2D eigenvalue weighted by Gasteiger charge is 2.28. The topological polar surface area (TPSA) is 92.0 Å². The predicted octanol–water partition coefficient (Wildman–Crippen LogP) is 3.85. The van der Waals surface area contributed by atoms with Crippen molar-refractivity contribution in [2.45, 2.75) is 44.4 Å². The van der Waals surface area contributed by atoms with Crippen LogP contribution < -0.4 is 14.4 Å². The quantitative estimate of drug-likeness (QED) is 0.534. The largest absolute Gasteiger partial charge is 0.490 e. The lowest BCUT2D eigenvalue weighted by Crippen LogP contribution is -2.36. The number of sulfonamides is 1. The maximum absolute atomic E-state index is 14.6. The van der Waals surface area contributed by atoms with Crippen LogP contribution in [0.25, 0.3) is 11.0 Å². The molecular weight excluding hydrogens is 423 g/mol. The minimum absolute atomic E-state index is 0.0647. The zero-order valence-corrected chi connectivity index (χ0v) is 18.4. The second-order valence-electron chi connectivity index (χ2n) is 7.92. The second kappa shape index (κ2) is 8.14. The first-order valence-electron chi connectivity index (χ1n) is 10.1. The first-order chi connectivity index (χ1) is 14.7. The lowest BCUT2D eigenvalue weighted by Gasteiger charge is -2.33. The Balaban J connectivity index is 1.64. The number of anilines is 1. The fourth-order valence-electron chi connectivity index (χ4n) is 3.57. The third-order valence-corrected chi connectivity index (χ3v) is 6.75. The van der Waals surface area contributed by atoms with Crippen LogP contribution in [0.5, 0.6) is 5.75 Å². The van der Waals surface area contributed by atoms with Crippen molar-refractivity contribution in [2.24, 2.45) is 0 Å². The average Bonchev–Trinajstić information content (AvgIpc) is 3.04. The molecule has 1 aliphatic rings. The number of nitrogens with zero attached hydrogens (tertiary/aromatic N) is 1. The molecule has 1 atom stereocenters. The van der Waals surface area contributed by atoms with Crippen molar-refractivity contribution in [1.29, 1.82) is 0 Å². The van der Waals surface area contributed by atoms with Gasteiger partial charge in [-0.05, 0) is 51.0 Å². The van der Waals surface area contributed by atoms with E-state index in [1.54, 1.807) is 45.0 Å². The van der Waals surface area contributed by atoms with Gasteiger partial charge >= 0.3 is 0 Å². The number of hydrogen-bond donors (Lipinski definition) is 2. The van der Waals surface area contributed by atoms with Gasteiger partial charge in [0.15, 0.2) is 6.23 Å². The van der Waals surface area contributed by atoms with Crippen molar-refractivity contribution in [3.63, 3.8) is 0 Å². The van der Waals surface area contributed by atoms with Gasteiger partial charge in [-0.1, -0.05) is 12.1 Å². The maximum Gasteiger partial charge on any atom is 0.247 e. The van der Waals surface area contributed by atoms with Gasteiger partial charge in [-0.2, -0.15) is 4.72 Å². The van der Waals surface area contributed by atoms with Crippen molar-refractivity contribution < 1.29 is 27.1 Å². The Bertz CT molecular complexity index is 1220. The van der Waals surface area contributed by atoms with Crippen LogP contribution in [0, 0.1) is 12.7 Å². The molecule has 0 aliphatic carbocycles. The normalized spacial score (nSPS) is 15.4. The smallest absolute Gasteiger partial charge is 0.247 e. The second-order valence-corrected chi connectivity index (χ2v) is 9.57. The molecule has 1 fully saturated rings. The number of aliphatic hydroxyl groups is 1. The molecule has 1 aromatic heterocycles. The molecule has 1 unspecified atom stereocenters. The van der Waals surface area contributed by atoms with E-state index in [1.165, 1.54) is 12.1 Å². The monoisotopic (exact) mass is 448 g/mol. The van der Waals surface area contributed by atoms with E-state index in [0.717, 1.165) is 19.5 Å². The molecule has 0 bridgehead atoms. The summed E-state index contributed by atoms with van der Waals surface area (Å²) in [6, 6.07) is 9.31. The van der Waals surface area contributed by atoms with Crippen LogP contribution >= 0.6 is 0 Å². The van der Waals surface area contributed by atoms with Gasteiger partial charge in [-0.3, -0.25) is 0 Å². The van der Waals surface area contributed by atoms with Crippen molar-refractivity contribution in [3.8, 4) is 5.75 Å². The molecule has 0 spiro atoms. The fourth-order valence-corrected chi connectivity index (χ4v) is 4.98. The molecule has 1 saturated heterocycles. The lowest BCUT2D eigenvalue weighted by molar-refractivity contribution is 0.141. The number of halogens is 1. The summed E-state index contributed by atoms with van der Waals surface area (Å²) in [6.45, 7) is 6.91. The third-order valence-electron chi connectivity index (χ3n) is 5.16. The molecule has 1 aliphatic heterocycles. The molecule has 2 N–H and O–H groups in total. The molecule has 2 heterocycles. The number of aliphatic hydroxyl groups excluding tert-OH is 1. The number of nitrogens with one attached hydrogen (secondary N) is 1. The van der Waals surface area contributed by atoms with Gasteiger partial charge in [0, 0.05) is 24.8 Å². The van der Waals surface area contributed by atoms with E-state index >= 15 is 0 Å². The van der Waals surface area contributed by atoms with E-state index in [-0.39, 0.29) is 33.5 Å². The van der Waals surface area contributed by atoms with Crippen LogP contribution in [0.15, 0.2) is 45.7 Å². The van der Waals surface area contributed by atoms with Gasteiger partial charge in [-0.25, -0.2) is 12.8 Å². The van der Waals surface area contributed by atoms with E-state index in [4.69, 9.17) is 9.15 Å². The van der Waals surface area contributed by atoms with Gasteiger partial charge in [0.1, 0.15) is 27.8 Å². The van der Waals surface area contributed by atoms with E-state index in [1.807, 2.05) is 4.90 Å². The summed E-state index contributed by atoms with van der Waals surface area (Å²) in [7, 11) is -4.17. The predicted molar refractivity (Wildman–Crippen MR) is 115 cm³/mol. The van der Waals surface area contributed by atoms with Gasteiger partial charge < -0.3 is 19.2 Å². The summed E-state index contributed by atoms with van der Waals surface area (Å²) in [5.41, 5.74) is 1.41. The first kappa shape index (κ1) is 21.6. The summed E-state index contributed by atoms with van der Waals surface area (Å²) < 4.78 is 54.1. The zero-order chi connectivity index (χ0) is 22.3. The molecule has 0 radical (unpaired) electrons. The van der Waals surface area contributed by atoms with Crippen molar-refractivity contribution >= 4 is 26.7 Å². The molecule has 9 heteroatoms. The molecular formula is C22H25FN2O5S. The maximum atomic E-state index is 14.6. The van der Waals surface area contributed by atoms with Crippen LogP contribution in [-0.4, -0.2) is 32.7 Å². The first-order valence-corrected chi connectivity index (χ1v) is 11.6. The standard InChI is InChI=1S/C22H25FN2O5S/c1-13(2)29-18-7-4-6-14(3)21(18)31(27,28)24-22(26)20-12-16-17(23)10-15(11-19(16)30-20)25-8-5-9-25/h4,6-7,10-13,22,24,26H,5,8-9H2,1-3H3. The van der Waals surface area contributed by atoms with Gasteiger partial charge in [-0.15, -0.1) is 0 Å². The molecule has 7 nitrogen and oxygen atoms in total. The summed E-state index contributed by atoms with van der Waals surface area (Å²) in [5.74, 6) is -0.404. The van der Waals surface area contributed by atoms with Gasteiger partial charge in [0.05, 0.1) is 11.5 Å². The number of aryl methyl sites for hydroxylation is 1. The van der Waals surface area contributed by atoms with E-state index in [2.05, 4.69) is 4.72 Å². The third kappa shape index (κ3) is 4.26. The number of fused-ring (bicyclic) bond motifs is 1. The van der Waals surface area contributed by atoms with Crippen molar-refractivity contribution in [1.82, 2.24) is 4.72 Å². The Labute approximate surface area is 180 Å². The average molecular weight is 449 g/mol. The summed E-state index contributed by atoms with van der Waals surface area (Å²) in [5, 5.41) is 10.7. The molecule has 3 aromatic rings. The van der Waals surface area contributed by atoms with Crippen molar-refractivity contribution in [3.05, 3.63) is 53.5 Å².